The highest BCUT2D eigenvalue weighted by molar-refractivity contribution is 6.31. The Morgan fingerprint density at radius 1 is 1.50 bits per heavy atom. The molecule has 0 saturated carbocycles. The highest BCUT2D eigenvalue weighted by Gasteiger charge is 2.11. The van der Waals surface area contributed by atoms with E-state index < -0.39 is 0 Å². The molecule has 0 spiro atoms. The topological polar surface area (TPSA) is 43.8 Å². The number of aryl methyl sites for hydroxylation is 1. The van der Waals surface area contributed by atoms with Gasteiger partial charge >= 0.3 is 0 Å². The molecule has 0 aliphatic carbocycles. The van der Waals surface area contributed by atoms with E-state index in [1.807, 2.05) is 0 Å². The number of nitrogens with zero attached hydrogens (tertiary/aromatic N) is 2. The maximum absolute atomic E-state index is 13.5. The van der Waals surface area contributed by atoms with E-state index in [1.54, 1.807) is 30.1 Å². The first-order valence-electron chi connectivity index (χ1n) is 4.79. The number of anilines is 1. The van der Waals surface area contributed by atoms with E-state index in [2.05, 4.69) is 5.10 Å². The quantitative estimate of drug-likeness (QED) is 0.875. The van der Waals surface area contributed by atoms with Crippen LogP contribution in [0.3, 0.4) is 0 Å². The maximum Gasteiger partial charge on any atom is 0.128 e. The Morgan fingerprint density at radius 2 is 2.25 bits per heavy atom. The lowest BCUT2D eigenvalue weighted by Crippen LogP contribution is -2.01. The van der Waals surface area contributed by atoms with E-state index in [0.717, 1.165) is 5.56 Å². The first-order valence-corrected chi connectivity index (χ1v) is 5.16. The van der Waals surface area contributed by atoms with Crippen LogP contribution in [0.1, 0.15) is 11.1 Å². The second-order valence-corrected chi connectivity index (χ2v) is 3.96. The third-order valence-electron chi connectivity index (χ3n) is 2.49. The number of nitrogen functional groups attached to an aromatic ring is 1. The molecule has 2 N–H and O–H groups in total. The molecule has 0 fully saturated rings. The van der Waals surface area contributed by atoms with Crippen molar-refractivity contribution in [2.24, 2.45) is 7.05 Å². The van der Waals surface area contributed by atoms with Gasteiger partial charge in [-0.15, -0.1) is 0 Å². The third kappa shape index (κ3) is 1.88. The van der Waals surface area contributed by atoms with Gasteiger partial charge in [0.1, 0.15) is 11.6 Å². The summed E-state index contributed by atoms with van der Waals surface area (Å²) >= 11 is 5.93. The highest BCUT2D eigenvalue weighted by atomic mass is 35.5. The fourth-order valence-corrected chi connectivity index (χ4v) is 1.75. The Morgan fingerprint density at radius 3 is 2.81 bits per heavy atom. The van der Waals surface area contributed by atoms with Gasteiger partial charge in [-0.3, -0.25) is 4.68 Å². The Labute approximate surface area is 97.6 Å². The van der Waals surface area contributed by atoms with Crippen LogP contribution in [0.5, 0.6) is 0 Å². The van der Waals surface area contributed by atoms with E-state index in [-0.39, 0.29) is 5.82 Å². The van der Waals surface area contributed by atoms with E-state index >= 15 is 0 Å². The standard InChI is InChI=1S/C11H11ClFN3/c1-16-11(14)7(6-15-16)5-8-9(12)3-2-4-10(8)13/h2-4,6H,5,14H2,1H3. The normalized spacial score (nSPS) is 10.7. The number of aromatic nitrogens is 2. The molecule has 16 heavy (non-hydrogen) atoms. The third-order valence-corrected chi connectivity index (χ3v) is 2.85. The molecule has 0 atom stereocenters. The Kier molecular flexibility index (Phi) is 2.83. The van der Waals surface area contributed by atoms with Crippen LogP contribution in [-0.4, -0.2) is 9.78 Å². The van der Waals surface area contributed by atoms with Gasteiger partial charge in [-0.05, 0) is 12.1 Å². The smallest absolute Gasteiger partial charge is 0.128 e. The van der Waals surface area contributed by atoms with Crippen LogP contribution < -0.4 is 5.73 Å². The SMILES string of the molecule is Cn1ncc(Cc2c(F)cccc2Cl)c1N. The minimum atomic E-state index is -0.323. The number of nitrogens with two attached hydrogens (primary N) is 1. The van der Waals surface area contributed by atoms with Crippen molar-refractivity contribution in [2.45, 2.75) is 6.42 Å². The van der Waals surface area contributed by atoms with E-state index in [0.29, 0.717) is 22.8 Å². The average Bonchev–Trinajstić information content (AvgIpc) is 2.55. The van der Waals surface area contributed by atoms with Crippen molar-refractivity contribution in [3.8, 4) is 0 Å². The summed E-state index contributed by atoms with van der Waals surface area (Å²) in [6.45, 7) is 0. The molecule has 3 nitrogen and oxygen atoms in total. The Hall–Kier alpha value is -1.55. The summed E-state index contributed by atoms with van der Waals surface area (Å²) in [6.07, 6.45) is 1.98. The summed E-state index contributed by atoms with van der Waals surface area (Å²) in [6, 6.07) is 4.62. The van der Waals surface area contributed by atoms with Gasteiger partial charge in [-0.2, -0.15) is 5.10 Å². The minimum Gasteiger partial charge on any atom is -0.384 e. The van der Waals surface area contributed by atoms with Crippen molar-refractivity contribution >= 4 is 17.4 Å². The van der Waals surface area contributed by atoms with Crippen LogP contribution in [0.25, 0.3) is 0 Å². The number of halogens is 2. The van der Waals surface area contributed by atoms with Gasteiger partial charge in [0.15, 0.2) is 0 Å². The summed E-state index contributed by atoms with van der Waals surface area (Å²) in [5.41, 5.74) is 7.01. The zero-order chi connectivity index (χ0) is 11.7. The lowest BCUT2D eigenvalue weighted by Gasteiger charge is -2.05. The molecule has 0 aliphatic heterocycles. The first kappa shape index (κ1) is 11.0. The van der Waals surface area contributed by atoms with Gasteiger partial charge in [-0.1, -0.05) is 17.7 Å². The molecule has 0 bridgehead atoms. The van der Waals surface area contributed by atoms with Gasteiger partial charge in [-0.25, -0.2) is 4.39 Å². The van der Waals surface area contributed by atoms with Crippen LogP contribution in [-0.2, 0) is 13.5 Å². The molecule has 1 heterocycles. The molecule has 0 amide bonds. The van der Waals surface area contributed by atoms with Crippen molar-refractivity contribution in [2.75, 3.05) is 5.73 Å². The monoisotopic (exact) mass is 239 g/mol. The molecule has 0 unspecified atom stereocenters. The molecule has 0 saturated heterocycles. The van der Waals surface area contributed by atoms with Crippen LogP contribution in [0.4, 0.5) is 10.2 Å². The Bertz CT molecular complexity index is 502. The average molecular weight is 240 g/mol. The lowest BCUT2D eigenvalue weighted by molar-refractivity contribution is 0.614. The van der Waals surface area contributed by atoms with Gasteiger partial charge in [0.05, 0.1) is 6.20 Å². The fourth-order valence-electron chi connectivity index (χ4n) is 1.52. The van der Waals surface area contributed by atoms with E-state index in [9.17, 15) is 4.39 Å². The van der Waals surface area contributed by atoms with Crippen LogP contribution in [0, 0.1) is 5.82 Å². The zero-order valence-electron chi connectivity index (χ0n) is 8.74. The summed E-state index contributed by atoms with van der Waals surface area (Å²) in [7, 11) is 1.74. The molecular formula is C11H11ClFN3. The number of benzene rings is 1. The molecule has 0 radical (unpaired) electrons. The van der Waals surface area contributed by atoms with Gasteiger partial charge in [0.25, 0.3) is 0 Å². The first-order chi connectivity index (χ1) is 7.59. The molecule has 0 aliphatic rings. The van der Waals surface area contributed by atoms with Gasteiger partial charge in [0.2, 0.25) is 0 Å². The molecule has 5 heteroatoms. The second-order valence-electron chi connectivity index (χ2n) is 3.56. The van der Waals surface area contributed by atoms with Crippen molar-refractivity contribution in [3.63, 3.8) is 0 Å². The predicted molar refractivity (Wildman–Crippen MR) is 61.8 cm³/mol. The largest absolute Gasteiger partial charge is 0.384 e. The van der Waals surface area contributed by atoms with Gasteiger partial charge in [0, 0.05) is 29.6 Å². The van der Waals surface area contributed by atoms with Crippen LogP contribution in [0.15, 0.2) is 24.4 Å². The summed E-state index contributed by atoms with van der Waals surface area (Å²) in [5.74, 6) is 0.204. The van der Waals surface area contributed by atoms with E-state index in [4.69, 9.17) is 17.3 Å². The van der Waals surface area contributed by atoms with Crippen molar-refractivity contribution in [1.29, 1.82) is 0 Å². The van der Waals surface area contributed by atoms with E-state index in [1.165, 1.54) is 6.07 Å². The number of rotatable bonds is 2. The molecule has 84 valence electrons. The fraction of sp³-hybridized carbons (Fsp3) is 0.182. The summed E-state index contributed by atoms with van der Waals surface area (Å²) in [5, 5.41) is 4.40. The molecule has 1 aromatic carbocycles. The molecule has 2 aromatic rings. The predicted octanol–water partition coefficient (Wildman–Crippen LogP) is 2.39. The van der Waals surface area contributed by atoms with Gasteiger partial charge < -0.3 is 5.73 Å². The molecular weight excluding hydrogens is 229 g/mol. The maximum atomic E-state index is 13.5. The number of hydrogen-bond donors (Lipinski definition) is 1. The molecule has 1 aromatic heterocycles. The van der Waals surface area contributed by atoms with Crippen molar-refractivity contribution < 1.29 is 4.39 Å². The van der Waals surface area contributed by atoms with Crippen LogP contribution >= 0.6 is 11.6 Å². The zero-order valence-corrected chi connectivity index (χ0v) is 9.50. The summed E-state index contributed by atoms with van der Waals surface area (Å²) < 4.78 is 15.1. The van der Waals surface area contributed by atoms with Crippen LogP contribution in [0.2, 0.25) is 5.02 Å². The molecule has 2 rings (SSSR count). The minimum absolute atomic E-state index is 0.323. The van der Waals surface area contributed by atoms with Crippen molar-refractivity contribution in [1.82, 2.24) is 9.78 Å². The Balaban J connectivity index is 2.38. The summed E-state index contributed by atoms with van der Waals surface area (Å²) in [4.78, 5) is 0. The lowest BCUT2D eigenvalue weighted by atomic mass is 10.1. The second kappa shape index (κ2) is 4.14. The number of hydrogen-bond acceptors (Lipinski definition) is 2. The van der Waals surface area contributed by atoms with Crippen molar-refractivity contribution in [3.05, 3.63) is 46.4 Å². The highest BCUT2D eigenvalue weighted by Crippen LogP contribution is 2.24.